The maximum absolute atomic E-state index is 2.22. The zero-order valence-electron chi connectivity index (χ0n) is 5.64. The van der Waals surface area contributed by atoms with Gasteiger partial charge in [0.15, 0.2) is 0 Å². The molecule has 0 aliphatic rings. The molecule has 0 saturated heterocycles. The van der Waals surface area contributed by atoms with Crippen molar-refractivity contribution in [1.82, 2.24) is 0 Å². The Morgan fingerprint density at radius 2 is 1.25 bits per heavy atom. The molecule has 0 amide bonds. The van der Waals surface area contributed by atoms with E-state index in [1.807, 2.05) is 21.6 Å². The first kappa shape index (κ1) is 8.70. The van der Waals surface area contributed by atoms with Crippen LogP contribution in [-0.2, 0) is 0 Å². The normalized spacial score (nSPS) is 9.75. The first-order valence-electron chi connectivity index (χ1n) is 3.16. The lowest BCUT2D eigenvalue weighted by molar-refractivity contribution is 1.11. The van der Waals surface area contributed by atoms with Crippen molar-refractivity contribution in [3.8, 4) is 0 Å². The Morgan fingerprint density at radius 1 is 0.875 bits per heavy atom. The lowest BCUT2D eigenvalue weighted by Gasteiger charge is -1.93. The first-order chi connectivity index (χ1) is 3.91. The second-order valence-electron chi connectivity index (χ2n) is 1.64. The smallest absolute Gasteiger partial charge is 0.00343 e. The Bertz CT molecular complexity index is 31.5. The number of rotatable bonds is 5. The van der Waals surface area contributed by atoms with E-state index in [-0.39, 0.29) is 0 Å². The van der Waals surface area contributed by atoms with Crippen molar-refractivity contribution in [2.24, 2.45) is 0 Å². The highest BCUT2D eigenvalue weighted by molar-refractivity contribution is 8.76. The van der Waals surface area contributed by atoms with Gasteiger partial charge in [-0.1, -0.05) is 35.4 Å². The van der Waals surface area contributed by atoms with Gasteiger partial charge in [0.05, 0.1) is 0 Å². The first-order valence-corrected chi connectivity index (χ1v) is 5.65. The summed E-state index contributed by atoms with van der Waals surface area (Å²) < 4.78 is 0. The summed E-state index contributed by atoms with van der Waals surface area (Å²) in [6.45, 7) is 4.44. The second kappa shape index (κ2) is 7.70. The summed E-state index contributed by atoms with van der Waals surface area (Å²) in [6.07, 6.45) is 2.61. The van der Waals surface area contributed by atoms with Crippen molar-refractivity contribution in [1.29, 1.82) is 0 Å². The molecule has 0 bridgehead atoms. The third-order valence-corrected chi connectivity index (χ3v) is 3.47. The van der Waals surface area contributed by atoms with Gasteiger partial charge in [-0.25, -0.2) is 0 Å². The van der Waals surface area contributed by atoms with E-state index >= 15 is 0 Å². The molecule has 0 aromatic carbocycles. The van der Waals surface area contributed by atoms with Crippen LogP contribution < -0.4 is 0 Å². The van der Waals surface area contributed by atoms with Gasteiger partial charge in [-0.05, 0) is 12.8 Å². The van der Waals surface area contributed by atoms with Crippen LogP contribution in [0.1, 0.15) is 26.7 Å². The SMILES string of the molecule is CCCSSCCC. The predicted molar refractivity (Wildman–Crippen MR) is 45.5 cm³/mol. The monoisotopic (exact) mass is 150 g/mol. The van der Waals surface area contributed by atoms with Crippen molar-refractivity contribution >= 4 is 21.6 Å². The Labute approximate surface area is 60.2 Å². The average molecular weight is 150 g/mol. The molecule has 0 N–H and O–H groups in total. The van der Waals surface area contributed by atoms with Gasteiger partial charge < -0.3 is 0 Å². The topological polar surface area (TPSA) is 0 Å². The molecule has 8 heavy (non-hydrogen) atoms. The second-order valence-corrected chi connectivity index (χ2v) is 4.35. The highest BCUT2D eigenvalue weighted by Crippen LogP contribution is 2.21. The van der Waals surface area contributed by atoms with Crippen molar-refractivity contribution in [3.05, 3.63) is 0 Å². The van der Waals surface area contributed by atoms with Gasteiger partial charge in [0.1, 0.15) is 0 Å². The van der Waals surface area contributed by atoms with Gasteiger partial charge in [-0.3, -0.25) is 0 Å². The minimum Gasteiger partial charge on any atom is -0.0942 e. The van der Waals surface area contributed by atoms with Crippen LogP contribution in [0.5, 0.6) is 0 Å². The predicted octanol–water partition coefficient (Wildman–Crippen LogP) is 3.19. The fraction of sp³-hybridized carbons (Fsp3) is 1.00. The molecule has 0 atom stereocenters. The van der Waals surface area contributed by atoms with Gasteiger partial charge in [-0.15, -0.1) is 0 Å². The lowest BCUT2D eigenvalue weighted by atomic mass is 10.6. The summed E-state index contributed by atoms with van der Waals surface area (Å²) >= 11 is 0. The molecule has 50 valence electrons. The fourth-order valence-corrected chi connectivity index (χ4v) is 2.56. The van der Waals surface area contributed by atoms with Crippen molar-refractivity contribution in [2.75, 3.05) is 11.5 Å². The average Bonchev–Trinajstić information content (AvgIpc) is 1.81. The molecule has 0 heterocycles. The van der Waals surface area contributed by atoms with Gasteiger partial charge in [-0.2, -0.15) is 0 Å². The largest absolute Gasteiger partial charge is 0.0942 e. The zero-order valence-corrected chi connectivity index (χ0v) is 7.28. The summed E-state index contributed by atoms with van der Waals surface area (Å²) in [5.74, 6) is 2.62. The van der Waals surface area contributed by atoms with E-state index in [1.54, 1.807) is 0 Å². The highest BCUT2D eigenvalue weighted by atomic mass is 33.1. The van der Waals surface area contributed by atoms with Crippen LogP contribution in [0.2, 0.25) is 0 Å². The molecule has 0 aromatic rings. The maximum atomic E-state index is 2.22. The van der Waals surface area contributed by atoms with Gasteiger partial charge in [0.2, 0.25) is 0 Å². The van der Waals surface area contributed by atoms with Crippen LogP contribution in [0.3, 0.4) is 0 Å². The van der Waals surface area contributed by atoms with Crippen LogP contribution in [0.15, 0.2) is 0 Å². The molecule has 0 aliphatic heterocycles. The van der Waals surface area contributed by atoms with Gasteiger partial charge >= 0.3 is 0 Å². The van der Waals surface area contributed by atoms with E-state index < -0.39 is 0 Å². The molecular formula is C6H14S2. The van der Waals surface area contributed by atoms with Crippen LogP contribution in [-0.4, -0.2) is 11.5 Å². The molecule has 0 aliphatic carbocycles. The van der Waals surface area contributed by atoms with Crippen LogP contribution in [0, 0.1) is 0 Å². The Balaban J connectivity index is 2.53. The zero-order chi connectivity index (χ0) is 6.24. The minimum absolute atomic E-state index is 1.31. The highest BCUT2D eigenvalue weighted by Gasteiger charge is 1.83. The molecule has 0 radical (unpaired) electrons. The minimum atomic E-state index is 1.31. The van der Waals surface area contributed by atoms with Crippen LogP contribution >= 0.6 is 21.6 Å². The van der Waals surface area contributed by atoms with Crippen molar-refractivity contribution < 1.29 is 0 Å². The van der Waals surface area contributed by atoms with Crippen LogP contribution in [0.4, 0.5) is 0 Å². The maximum Gasteiger partial charge on any atom is 0.00343 e. The van der Waals surface area contributed by atoms with Crippen molar-refractivity contribution in [2.45, 2.75) is 26.7 Å². The van der Waals surface area contributed by atoms with E-state index in [0.29, 0.717) is 0 Å². The third-order valence-electron chi connectivity index (χ3n) is 0.658. The summed E-state index contributed by atoms with van der Waals surface area (Å²) in [7, 11) is 3.99. The summed E-state index contributed by atoms with van der Waals surface area (Å²) in [6, 6.07) is 0. The molecule has 0 spiro atoms. The Hall–Kier alpha value is 0.700. The summed E-state index contributed by atoms with van der Waals surface area (Å²) in [4.78, 5) is 0. The van der Waals surface area contributed by atoms with E-state index in [0.717, 1.165) is 0 Å². The van der Waals surface area contributed by atoms with E-state index in [2.05, 4.69) is 13.8 Å². The Morgan fingerprint density at radius 3 is 1.50 bits per heavy atom. The summed E-state index contributed by atoms with van der Waals surface area (Å²) in [5, 5.41) is 0. The third kappa shape index (κ3) is 6.70. The van der Waals surface area contributed by atoms with Gasteiger partial charge in [0.25, 0.3) is 0 Å². The van der Waals surface area contributed by atoms with Gasteiger partial charge in [0, 0.05) is 11.5 Å². The molecule has 0 aromatic heterocycles. The fourth-order valence-electron chi connectivity index (χ4n) is 0.285. The molecule has 2 heteroatoms. The molecule has 0 unspecified atom stereocenters. The standard InChI is InChI=1S/C6H14S2/c1-3-5-7-8-6-4-2/h3-6H2,1-2H3. The number of hydrogen-bond acceptors (Lipinski definition) is 2. The van der Waals surface area contributed by atoms with E-state index in [9.17, 15) is 0 Å². The quantitative estimate of drug-likeness (QED) is 0.436. The lowest BCUT2D eigenvalue weighted by Crippen LogP contribution is -1.70. The molecule has 0 rings (SSSR count). The van der Waals surface area contributed by atoms with Crippen LogP contribution in [0.25, 0.3) is 0 Å². The van der Waals surface area contributed by atoms with Crippen molar-refractivity contribution in [3.63, 3.8) is 0 Å². The van der Waals surface area contributed by atoms with E-state index in [4.69, 9.17) is 0 Å². The van der Waals surface area contributed by atoms with E-state index in [1.165, 1.54) is 24.3 Å². The summed E-state index contributed by atoms with van der Waals surface area (Å²) in [5.41, 5.74) is 0. The molecular weight excluding hydrogens is 136 g/mol. The Kier molecular flexibility index (Phi) is 8.37. The number of hydrogen-bond donors (Lipinski definition) is 0. The molecule has 0 fully saturated rings. The molecule has 0 saturated carbocycles. The molecule has 0 nitrogen and oxygen atoms in total.